The van der Waals surface area contributed by atoms with Gasteiger partial charge in [0.15, 0.2) is 0 Å². The SMILES string of the molecule is CCCCOC(=O)CC1(O)CCN(c2cccc3c2ccn3C2CCC(=O)NC2=O)CC1. The number of amides is 2. The number of ether oxygens (including phenoxy) is 1. The van der Waals surface area contributed by atoms with E-state index in [1.165, 1.54) is 0 Å². The Hall–Kier alpha value is -2.87. The van der Waals surface area contributed by atoms with Gasteiger partial charge in [-0.1, -0.05) is 19.4 Å². The highest BCUT2D eigenvalue weighted by Crippen LogP contribution is 2.35. The zero-order valence-electron chi connectivity index (χ0n) is 18.5. The molecular weight excluding hydrogens is 410 g/mol. The minimum atomic E-state index is -1.04. The fourth-order valence-corrected chi connectivity index (χ4v) is 4.66. The number of unbranched alkanes of at least 4 members (excludes halogenated alkanes) is 1. The van der Waals surface area contributed by atoms with E-state index in [9.17, 15) is 19.5 Å². The lowest BCUT2D eigenvalue weighted by Crippen LogP contribution is -2.46. The van der Waals surface area contributed by atoms with Crippen molar-refractivity contribution in [2.45, 2.75) is 63.5 Å². The van der Waals surface area contributed by atoms with Gasteiger partial charge in [-0.05, 0) is 43.9 Å². The predicted octanol–water partition coefficient (Wildman–Crippen LogP) is 2.68. The molecule has 1 aromatic carbocycles. The van der Waals surface area contributed by atoms with E-state index in [2.05, 4.69) is 10.2 Å². The third-order valence-corrected chi connectivity index (χ3v) is 6.56. The third-order valence-electron chi connectivity index (χ3n) is 6.56. The van der Waals surface area contributed by atoms with Crippen LogP contribution in [-0.2, 0) is 19.1 Å². The highest BCUT2D eigenvalue weighted by Gasteiger charge is 2.36. The molecule has 2 aromatic rings. The van der Waals surface area contributed by atoms with Crippen LogP contribution in [0, 0.1) is 0 Å². The highest BCUT2D eigenvalue weighted by molar-refractivity contribution is 6.01. The van der Waals surface area contributed by atoms with Crippen LogP contribution < -0.4 is 10.2 Å². The molecule has 1 aromatic heterocycles. The third kappa shape index (κ3) is 4.65. The number of carbonyl (C=O) groups excluding carboxylic acids is 3. The smallest absolute Gasteiger partial charge is 0.308 e. The number of esters is 1. The summed E-state index contributed by atoms with van der Waals surface area (Å²) in [5.41, 5.74) is 0.949. The molecule has 0 spiro atoms. The van der Waals surface area contributed by atoms with Crippen molar-refractivity contribution in [2.75, 3.05) is 24.6 Å². The Morgan fingerprint density at radius 2 is 2.03 bits per heavy atom. The van der Waals surface area contributed by atoms with Crippen molar-refractivity contribution in [1.82, 2.24) is 9.88 Å². The van der Waals surface area contributed by atoms with E-state index in [0.717, 1.165) is 29.4 Å². The number of anilines is 1. The van der Waals surface area contributed by atoms with E-state index in [-0.39, 0.29) is 24.2 Å². The molecular formula is C24H31N3O5. The number of aliphatic hydroxyl groups is 1. The van der Waals surface area contributed by atoms with Gasteiger partial charge in [0.25, 0.3) is 0 Å². The Morgan fingerprint density at radius 3 is 2.75 bits per heavy atom. The number of imide groups is 1. The largest absolute Gasteiger partial charge is 0.466 e. The lowest BCUT2D eigenvalue weighted by Gasteiger charge is -2.39. The molecule has 2 aliphatic rings. The van der Waals surface area contributed by atoms with Gasteiger partial charge < -0.3 is 19.3 Å². The van der Waals surface area contributed by atoms with Crippen LogP contribution in [0.3, 0.4) is 0 Å². The molecule has 2 saturated heterocycles. The minimum absolute atomic E-state index is 0.0284. The molecule has 3 heterocycles. The van der Waals surface area contributed by atoms with Crippen molar-refractivity contribution in [3.05, 3.63) is 30.5 Å². The number of rotatable bonds is 7. The Morgan fingerprint density at radius 1 is 1.25 bits per heavy atom. The number of aromatic nitrogens is 1. The van der Waals surface area contributed by atoms with E-state index >= 15 is 0 Å². The summed E-state index contributed by atoms with van der Waals surface area (Å²) >= 11 is 0. The predicted molar refractivity (Wildman–Crippen MR) is 120 cm³/mol. The average molecular weight is 442 g/mol. The first kappa shape index (κ1) is 22.3. The maximum atomic E-state index is 12.3. The molecule has 8 nitrogen and oxygen atoms in total. The summed E-state index contributed by atoms with van der Waals surface area (Å²) < 4.78 is 7.16. The second-order valence-electron chi connectivity index (χ2n) is 8.86. The molecule has 172 valence electrons. The Bertz CT molecular complexity index is 1010. The van der Waals surface area contributed by atoms with Gasteiger partial charge in [-0.25, -0.2) is 0 Å². The number of piperidine rings is 2. The van der Waals surface area contributed by atoms with E-state index in [1.54, 1.807) is 0 Å². The molecule has 0 bridgehead atoms. The fraction of sp³-hybridized carbons (Fsp3) is 0.542. The Balaban J connectivity index is 1.45. The van der Waals surface area contributed by atoms with Gasteiger partial charge in [0.2, 0.25) is 11.8 Å². The molecule has 32 heavy (non-hydrogen) atoms. The molecule has 2 aliphatic heterocycles. The number of nitrogens with one attached hydrogen (secondary N) is 1. The molecule has 0 saturated carbocycles. The standard InChI is InChI=1S/C24H31N3O5/c1-2-3-15-32-22(29)16-24(31)10-13-26(14-11-24)18-5-4-6-19-17(18)9-12-27(19)20-7-8-21(28)25-23(20)30/h4-6,9,12,20,31H,2-3,7-8,10-11,13-16H2,1H3,(H,25,28,30). The van der Waals surface area contributed by atoms with Crippen molar-refractivity contribution in [3.8, 4) is 0 Å². The molecule has 8 heteroatoms. The minimum Gasteiger partial charge on any atom is -0.466 e. The molecule has 1 atom stereocenters. The summed E-state index contributed by atoms with van der Waals surface area (Å²) in [6.45, 7) is 3.70. The van der Waals surface area contributed by atoms with Crippen LogP contribution in [0.4, 0.5) is 5.69 Å². The van der Waals surface area contributed by atoms with Gasteiger partial charge in [0, 0.05) is 36.8 Å². The Kier molecular flexibility index (Phi) is 6.50. The molecule has 1 unspecified atom stereocenters. The second kappa shape index (κ2) is 9.32. The fourth-order valence-electron chi connectivity index (χ4n) is 4.66. The lowest BCUT2D eigenvalue weighted by molar-refractivity contribution is -0.150. The van der Waals surface area contributed by atoms with Crippen LogP contribution in [0.25, 0.3) is 10.9 Å². The summed E-state index contributed by atoms with van der Waals surface area (Å²) in [7, 11) is 0. The van der Waals surface area contributed by atoms with Crippen LogP contribution in [0.15, 0.2) is 30.5 Å². The quantitative estimate of drug-likeness (QED) is 0.389. The molecule has 4 rings (SSSR count). The summed E-state index contributed by atoms with van der Waals surface area (Å²) in [6, 6.07) is 7.59. The number of carbonyl (C=O) groups is 3. The van der Waals surface area contributed by atoms with E-state index in [0.29, 0.717) is 45.4 Å². The van der Waals surface area contributed by atoms with Crippen LogP contribution in [-0.4, -0.2) is 52.8 Å². The summed E-state index contributed by atoms with van der Waals surface area (Å²) in [5, 5.41) is 14.4. The first-order chi connectivity index (χ1) is 15.4. The van der Waals surface area contributed by atoms with Crippen molar-refractivity contribution < 1.29 is 24.2 Å². The topological polar surface area (TPSA) is 101 Å². The molecule has 0 radical (unpaired) electrons. The number of hydrogen-bond acceptors (Lipinski definition) is 6. The maximum Gasteiger partial charge on any atom is 0.308 e. The van der Waals surface area contributed by atoms with Gasteiger partial charge in [0.1, 0.15) is 6.04 Å². The van der Waals surface area contributed by atoms with E-state index in [4.69, 9.17) is 4.74 Å². The van der Waals surface area contributed by atoms with Gasteiger partial charge in [0.05, 0.1) is 24.1 Å². The summed E-state index contributed by atoms with van der Waals surface area (Å²) in [6.07, 6.45) is 5.52. The molecule has 2 N–H and O–H groups in total. The van der Waals surface area contributed by atoms with Crippen LogP contribution in [0.1, 0.15) is 57.9 Å². The van der Waals surface area contributed by atoms with Crippen molar-refractivity contribution in [1.29, 1.82) is 0 Å². The molecule has 0 aliphatic carbocycles. The van der Waals surface area contributed by atoms with E-state index < -0.39 is 11.6 Å². The first-order valence-electron chi connectivity index (χ1n) is 11.5. The van der Waals surface area contributed by atoms with Crippen molar-refractivity contribution in [3.63, 3.8) is 0 Å². The normalized spacial score (nSPS) is 20.9. The highest BCUT2D eigenvalue weighted by atomic mass is 16.5. The zero-order valence-corrected chi connectivity index (χ0v) is 18.5. The summed E-state index contributed by atoms with van der Waals surface area (Å²) in [4.78, 5) is 38.1. The number of benzene rings is 1. The van der Waals surface area contributed by atoms with Gasteiger partial charge in [-0.15, -0.1) is 0 Å². The van der Waals surface area contributed by atoms with Crippen molar-refractivity contribution >= 4 is 34.4 Å². The van der Waals surface area contributed by atoms with Gasteiger partial charge in [-0.3, -0.25) is 19.7 Å². The Labute approximate surface area is 187 Å². The summed E-state index contributed by atoms with van der Waals surface area (Å²) in [5.74, 6) is -0.825. The van der Waals surface area contributed by atoms with Crippen LogP contribution in [0.2, 0.25) is 0 Å². The second-order valence-corrected chi connectivity index (χ2v) is 8.86. The van der Waals surface area contributed by atoms with Gasteiger partial charge >= 0.3 is 5.97 Å². The number of hydrogen-bond donors (Lipinski definition) is 2. The molecule has 2 fully saturated rings. The zero-order chi connectivity index (χ0) is 22.7. The van der Waals surface area contributed by atoms with Crippen LogP contribution in [0.5, 0.6) is 0 Å². The van der Waals surface area contributed by atoms with E-state index in [1.807, 2.05) is 42.0 Å². The number of nitrogens with zero attached hydrogens (tertiary/aromatic N) is 2. The number of fused-ring (bicyclic) bond motifs is 1. The van der Waals surface area contributed by atoms with Crippen LogP contribution >= 0.6 is 0 Å². The first-order valence-corrected chi connectivity index (χ1v) is 11.5. The lowest BCUT2D eigenvalue weighted by atomic mass is 9.88. The average Bonchev–Trinajstić information content (AvgIpc) is 3.18. The van der Waals surface area contributed by atoms with Gasteiger partial charge in [-0.2, -0.15) is 0 Å². The maximum absolute atomic E-state index is 12.3. The molecule has 2 amide bonds. The van der Waals surface area contributed by atoms with Crippen molar-refractivity contribution in [2.24, 2.45) is 0 Å². The monoisotopic (exact) mass is 441 g/mol.